The Kier molecular flexibility index (Phi) is 5.29. The zero-order valence-electron chi connectivity index (χ0n) is 9.89. The molecule has 0 radical (unpaired) electrons. The standard InChI is InChI=1S/C13H20O3/c1-3-12(14)13(15)9-6-10-4-7-11(16-2)8-5-10/h4-5,7-8,12-15H,3,6,9H2,1-2H3. The van der Waals surface area contributed by atoms with Crippen molar-refractivity contribution in [3.8, 4) is 5.75 Å². The molecule has 0 aliphatic carbocycles. The summed E-state index contributed by atoms with van der Waals surface area (Å²) in [6.07, 6.45) is 0.693. The molecule has 16 heavy (non-hydrogen) atoms. The van der Waals surface area contributed by atoms with Crippen molar-refractivity contribution in [3.05, 3.63) is 29.8 Å². The van der Waals surface area contributed by atoms with Crippen molar-refractivity contribution in [1.29, 1.82) is 0 Å². The van der Waals surface area contributed by atoms with Gasteiger partial charge in [-0.15, -0.1) is 0 Å². The number of aryl methyl sites for hydroxylation is 1. The van der Waals surface area contributed by atoms with E-state index < -0.39 is 12.2 Å². The molecule has 0 fully saturated rings. The van der Waals surface area contributed by atoms with Crippen LogP contribution in [0.15, 0.2) is 24.3 Å². The van der Waals surface area contributed by atoms with Gasteiger partial charge >= 0.3 is 0 Å². The molecule has 0 heterocycles. The Morgan fingerprint density at radius 2 is 1.75 bits per heavy atom. The molecule has 1 aromatic rings. The van der Waals surface area contributed by atoms with E-state index in [4.69, 9.17) is 4.74 Å². The summed E-state index contributed by atoms with van der Waals surface area (Å²) in [6, 6.07) is 7.75. The molecule has 0 saturated carbocycles. The van der Waals surface area contributed by atoms with Gasteiger partial charge in [0, 0.05) is 0 Å². The van der Waals surface area contributed by atoms with E-state index in [1.165, 1.54) is 0 Å². The van der Waals surface area contributed by atoms with Crippen LogP contribution in [0, 0.1) is 0 Å². The summed E-state index contributed by atoms with van der Waals surface area (Å²) >= 11 is 0. The molecule has 2 atom stereocenters. The van der Waals surface area contributed by atoms with Gasteiger partial charge in [0.05, 0.1) is 19.3 Å². The van der Waals surface area contributed by atoms with Crippen LogP contribution < -0.4 is 4.74 Å². The van der Waals surface area contributed by atoms with Crippen LogP contribution in [0.2, 0.25) is 0 Å². The highest BCUT2D eigenvalue weighted by Crippen LogP contribution is 2.14. The smallest absolute Gasteiger partial charge is 0.118 e. The van der Waals surface area contributed by atoms with E-state index in [-0.39, 0.29) is 0 Å². The van der Waals surface area contributed by atoms with Gasteiger partial charge in [-0.25, -0.2) is 0 Å². The third-order valence-corrected chi connectivity index (χ3v) is 2.75. The zero-order chi connectivity index (χ0) is 12.0. The summed E-state index contributed by atoms with van der Waals surface area (Å²) in [7, 11) is 1.64. The number of aliphatic hydroxyl groups excluding tert-OH is 2. The predicted octanol–water partition coefficient (Wildman–Crippen LogP) is 1.76. The lowest BCUT2D eigenvalue weighted by atomic mass is 10.0. The summed E-state index contributed by atoms with van der Waals surface area (Å²) in [4.78, 5) is 0. The van der Waals surface area contributed by atoms with Crippen LogP contribution in [0.1, 0.15) is 25.3 Å². The monoisotopic (exact) mass is 224 g/mol. The van der Waals surface area contributed by atoms with Crippen molar-refractivity contribution in [1.82, 2.24) is 0 Å². The minimum Gasteiger partial charge on any atom is -0.497 e. The SMILES string of the molecule is CCC(O)C(O)CCc1ccc(OC)cc1. The lowest BCUT2D eigenvalue weighted by molar-refractivity contribution is 0.0130. The van der Waals surface area contributed by atoms with Crippen LogP contribution >= 0.6 is 0 Å². The second kappa shape index (κ2) is 6.51. The van der Waals surface area contributed by atoms with E-state index in [0.717, 1.165) is 17.7 Å². The molecule has 3 heteroatoms. The fourth-order valence-corrected chi connectivity index (χ4v) is 1.57. The minimum atomic E-state index is -0.632. The first kappa shape index (κ1) is 13.0. The molecule has 90 valence electrons. The molecular weight excluding hydrogens is 204 g/mol. The quantitative estimate of drug-likeness (QED) is 0.774. The Bertz CT molecular complexity index is 295. The summed E-state index contributed by atoms with van der Waals surface area (Å²) in [5, 5.41) is 19.0. The molecule has 2 N–H and O–H groups in total. The fraction of sp³-hybridized carbons (Fsp3) is 0.538. The lowest BCUT2D eigenvalue weighted by Crippen LogP contribution is -2.25. The van der Waals surface area contributed by atoms with E-state index in [2.05, 4.69) is 0 Å². The largest absolute Gasteiger partial charge is 0.497 e. The van der Waals surface area contributed by atoms with Gasteiger partial charge in [-0.2, -0.15) is 0 Å². The van der Waals surface area contributed by atoms with Gasteiger partial charge in [-0.1, -0.05) is 19.1 Å². The van der Waals surface area contributed by atoms with Crippen molar-refractivity contribution in [2.45, 2.75) is 38.4 Å². The van der Waals surface area contributed by atoms with Gasteiger partial charge in [0.25, 0.3) is 0 Å². The van der Waals surface area contributed by atoms with Crippen molar-refractivity contribution in [2.24, 2.45) is 0 Å². The highest BCUT2D eigenvalue weighted by molar-refractivity contribution is 5.27. The first-order valence-corrected chi connectivity index (χ1v) is 5.66. The van der Waals surface area contributed by atoms with Gasteiger partial charge in [0.2, 0.25) is 0 Å². The number of benzene rings is 1. The highest BCUT2D eigenvalue weighted by Gasteiger charge is 2.13. The van der Waals surface area contributed by atoms with Crippen LogP contribution in [0.3, 0.4) is 0 Å². The number of methoxy groups -OCH3 is 1. The first-order valence-electron chi connectivity index (χ1n) is 5.66. The zero-order valence-corrected chi connectivity index (χ0v) is 9.89. The van der Waals surface area contributed by atoms with Crippen molar-refractivity contribution in [2.75, 3.05) is 7.11 Å². The summed E-state index contributed by atoms with van der Waals surface area (Å²) < 4.78 is 5.06. The maximum atomic E-state index is 9.61. The van der Waals surface area contributed by atoms with Crippen LogP contribution in [-0.4, -0.2) is 29.5 Å². The molecule has 0 aromatic heterocycles. The highest BCUT2D eigenvalue weighted by atomic mass is 16.5. The fourth-order valence-electron chi connectivity index (χ4n) is 1.57. The molecule has 1 rings (SSSR count). The molecule has 0 spiro atoms. The lowest BCUT2D eigenvalue weighted by Gasteiger charge is -2.15. The van der Waals surface area contributed by atoms with E-state index in [0.29, 0.717) is 12.8 Å². The molecular formula is C13H20O3. The van der Waals surface area contributed by atoms with E-state index in [9.17, 15) is 10.2 Å². The topological polar surface area (TPSA) is 49.7 Å². The third-order valence-electron chi connectivity index (χ3n) is 2.75. The van der Waals surface area contributed by atoms with Gasteiger partial charge in [0.15, 0.2) is 0 Å². The Morgan fingerprint density at radius 1 is 1.12 bits per heavy atom. The Hall–Kier alpha value is -1.06. The van der Waals surface area contributed by atoms with Crippen molar-refractivity contribution < 1.29 is 14.9 Å². The third kappa shape index (κ3) is 3.83. The van der Waals surface area contributed by atoms with Gasteiger partial charge in [0.1, 0.15) is 5.75 Å². The second-order valence-corrected chi connectivity index (χ2v) is 3.93. The van der Waals surface area contributed by atoms with E-state index in [1.54, 1.807) is 7.11 Å². The maximum absolute atomic E-state index is 9.61. The van der Waals surface area contributed by atoms with Crippen molar-refractivity contribution in [3.63, 3.8) is 0 Å². The molecule has 0 aliphatic heterocycles. The molecule has 0 saturated heterocycles. The second-order valence-electron chi connectivity index (χ2n) is 3.93. The van der Waals surface area contributed by atoms with Crippen LogP contribution in [0.5, 0.6) is 5.75 Å². The molecule has 3 nitrogen and oxygen atoms in total. The average Bonchev–Trinajstić information content (AvgIpc) is 2.35. The molecule has 1 aromatic carbocycles. The first-order chi connectivity index (χ1) is 7.67. The number of hydrogen-bond acceptors (Lipinski definition) is 3. The van der Waals surface area contributed by atoms with Gasteiger partial charge in [-0.05, 0) is 37.0 Å². The molecule has 2 unspecified atom stereocenters. The number of aliphatic hydroxyl groups is 2. The Labute approximate surface area is 96.7 Å². The van der Waals surface area contributed by atoms with E-state index >= 15 is 0 Å². The van der Waals surface area contributed by atoms with Crippen LogP contribution in [0.4, 0.5) is 0 Å². The Morgan fingerprint density at radius 3 is 2.25 bits per heavy atom. The van der Waals surface area contributed by atoms with Crippen LogP contribution in [-0.2, 0) is 6.42 Å². The van der Waals surface area contributed by atoms with Gasteiger partial charge in [-0.3, -0.25) is 0 Å². The summed E-state index contributed by atoms with van der Waals surface area (Å²) in [5.74, 6) is 0.831. The number of rotatable bonds is 6. The van der Waals surface area contributed by atoms with Crippen molar-refractivity contribution >= 4 is 0 Å². The van der Waals surface area contributed by atoms with Gasteiger partial charge < -0.3 is 14.9 Å². The van der Waals surface area contributed by atoms with E-state index in [1.807, 2.05) is 31.2 Å². The van der Waals surface area contributed by atoms with Crippen LogP contribution in [0.25, 0.3) is 0 Å². The minimum absolute atomic E-state index is 0.585. The number of ether oxygens (including phenoxy) is 1. The summed E-state index contributed by atoms with van der Waals surface area (Å²) in [5.41, 5.74) is 1.14. The average molecular weight is 224 g/mol. The molecule has 0 bridgehead atoms. The molecule has 0 aliphatic rings. The predicted molar refractivity (Wildman–Crippen MR) is 63.6 cm³/mol. The number of hydrogen-bond donors (Lipinski definition) is 2. The molecule has 0 amide bonds. The Balaban J connectivity index is 2.42. The summed E-state index contributed by atoms with van der Waals surface area (Å²) in [6.45, 7) is 1.86. The normalized spacial score (nSPS) is 14.5. The maximum Gasteiger partial charge on any atom is 0.118 e.